The predicted octanol–water partition coefficient (Wildman–Crippen LogP) is -0.303. The van der Waals surface area contributed by atoms with Crippen molar-refractivity contribution in [2.24, 2.45) is 0 Å². The van der Waals surface area contributed by atoms with Gasteiger partial charge in [0, 0.05) is 13.1 Å². The van der Waals surface area contributed by atoms with E-state index in [2.05, 4.69) is 0 Å². The molecule has 4 heteroatoms. The fraction of sp³-hybridized carbons (Fsp3) is 0.571. The molecule has 1 unspecified atom stereocenters. The Bertz CT molecular complexity index is 200. The van der Waals surface area contributed by atoms with Crippen LogP contribution in [0.3, 0.4) is 0 Å². The van der Waals surface area contributed by atoms with E-state index < -0.39 is 6.23 Å². The van der Waals surface area contributed by atoms with Crippen LogP contribution in [0.1, 0.15) is 6.92 Å². The second kappa shape index (κ2) is 2.92. The Morgan fingerprint density at radius 1 is 1.82 bits per heavy atom. The molecule has 0 bridgehead atoms. The molecule has 1 amide bonds. The molecular weight excluding hydrogens is 146 g/mol. The molecule has 1 aliphatic heterocycles. The molecule has 0 aromatic heterocycles. The lowest BCUT2D eigenvalue weighted by Gasteiger charge is -2.16. The van der Waals surface area contributed by atoms with E-state index in [1.54, 1.807) is 6.92 Å². The molecule has 0 aliphatic carbocycles. The van der Waals surface area contributed by atoms with Gasteiger partial charge >= 0.3 is 0 Å². The third-order valence-electron chi connectivity index (χ3n) is 1.55. The lowest BCUT2D eigenvalue weighted by Crippen LogP contribution is -2.31. The van der Waals surface area contributed by atoms with Crippen molar-refractivity contribution in [1.29, 1.82) is 0 Å². The maximum atomic E-state index is 10.9. The maximum absolute atomic E-state index is 10.9. The van der Waals surface area contributed by atoms with E-state index in [1.165, 1.54) is 18.0 Å². The predicted molar refractivity (Wildman–Crippen MR) is 38.5 cm³/mol. The quantitative estimate of drug-likeness (QED) is 0.598. The van der Waals surface area contributed by atoms with Gasteiger partial charge in [-0.05, 0) is 6.92 Å². The van der Waals surface area contributed by atoms with Crippen molar-refractivity contribution in [2.75, 3.05) is 13.7 Å². The van der Waals surface area contributed by atoms with Crippen LogP contribution >= 0.6 is 0 Å². The minimum atomic E-state index is -0.901. The summed E-state index contributed by atoms with van der Waals surface area (Å²) in [7, 11) is 1.52. The van der Waals surface area contributed by atoms with Crippen LogP contribution in [0.15, 0.2) is 11.8 Å². The first-order valence-electron chi connectivity index (χ1n) is 3.46. The Kier molecular flexibility index (Phi) is 2.14. The second-order valence-corrected chi connectivity index (χ2v) is 2.30. The maximum Gasteiger partial charge on any atom is 0.252 e. The number of hydrogen-bond acceptors (Lipinski definition) is 3. The smallest absolute Gasteiger partial charge is 0.252 e. The van der Waals surface area contributed by atoms with Gasteiger partial charge in [0.05, 0.1) is 6.61 Å². The first-order valence-corrected chi connectivity index (χ1v) is 3.46. The van der Waals surface area contributed by atoms with Crippen LogP contribution in [0.25, 0.3) is 0 Å². The Morgan fingerprint density at radius 2 is 2.45 bits per heavy atom. The van der Waals surface area contributed by atoms with Gasteiger partial charge in [-0.3, -0.25) is 4.79 Å². The minimum Gasteiger partial charge on any atom is -0.493 e. The molecule has 0 saturated heterocycles. The normalized spacial score (nSPS) is 23.9. The molecule has 0 saturated carbocycles. The number of rotatable bonds is 2. The molecule has 1 aliphatic rings. The molecule has 1 atom stereocenters. The SMILES string of the molecule is CCOC1=CC(=O)N(C)C1O. The molecule has 11 heavy (non-hydrogen) atoms. The molecule has 0 aromatic rings. The van der Waals surface area contributed by atoms with E-state index >= 15 is 0 Å². The summed E-state index contributed by atoms with van der Waals surface area (Å²) in [5.74, 6) is 0.112. The summed E-state index contributed by atoms with van der Waals surface area (Å²) in [5, 5.41) is 9.27. The zero-order valence-electron chi connectivity index (χ0n) is 6.57. The Morgan fingerprint density at radius 3 is 2.82 bits per heavy atom. The van der Waals surface area contributed by atoms with Crippen LogP contribution in [-0.2, 0) is 9.53 Å². The zero-order valence-corrected chi connectivity index (χ0v) is 6.57. The second-order valence-electron chi connectivity index (χ2n) is 2.30. The highest BCUT2D eigenvalue weighted by atomic mass is 16.5. The molecule has 0 spiro atoms. The van der Waals surface area contributed by atoms with Crippen LogP contribution in [0, 0.1) is 0 Å². The van der Waals surface area contributed by atoms with Crippen molar-refractivity contribution in [3.8, 4) is 0 Å². The number of aliphatic hydroxyl groups excluding tert-OH is 1. The van der Waals surface area contributed by atoms with Crippen LogP contribution in [0.4, 0.5) is 0 Å². The van der Waals surface area contributed by atoms with Gasteiger partial charge in [0.1, 0.15) is 0 Å². The van der Waals surface area contributed by atoms with E-state index in [0.29, 0.717) is 12.4 Å². The van der Waals surface area contributed by atoms with Crippen molar-refractivity contribution < 1.29 is 14.6 Å². The third kappa shape index (κ3) is 1.35. The molecule has 0 radical (unpaired) electrons. The molecule has 0 aromatic carbocycles. The van der Waals surface area contributed by atoms with Gasteiger partial charge in [0.15, 0.2) is 12.0 Å². The van der Waals surface area contributed by atoms with Crippen LogP contribution in [0.2, 0.25) is 0 Å². The Labute approximate surface area is 65.1 Å². The minimum absolute atomic E-state index is 0.221. The number of nitrogens with zero attached hydrogens (tertiary/aromatic N) is 1. The summed E-state index contributed by atoms with van der Waals surface area (Å²) in [6.07, 6.45) is 0.399. The largest absolute Gasteiger partial charge is 0.493 e. The van der Waals surface area contributed by atoms with Crippen LogP contribution in [0.5, 0.6) is 0 Å². The van der Waals surface area contributed by atoms with Crippen LogP contribution in [-0.4, -0.2) is 35.8 Å². The van der Waals surface area contributed by atoms with Crippen molar-refractivity contribution in [3.05, 3.63) is 11.8 Å². The van der Waals surface area contributed by atoms with Gasteiger partial charge in [-0.1, -0.05) is 0 Å². The summed E-state index contributed by atoms with van der Waals surface area (Å²) in [6, 6.07) is 0. The highest BCUT2D eigenvalue weighted by molar-refractivity contribution is 5.90. The van der Waals surface area contributed by atoms with Gasteiger partial charge in [-0.15, -0.1) is 0 Å². The standard InChI is InChI=1S/C7H11NO3/c1-3-11-5-4-6(9)8(2)7(5)10/h4,7,10H,3H2,1-2H3. The summed E-state index contributed by atoms with van der Waals surface area (Å²) in [4.78, 5) is 12.1. The fourth-order valence-corrected chi connectivity index (χ4v) is 0.892. The molecule has 4 nitrogen and oxygen atoms in total. The number of amides is 1. The lowest BCUT2D eigenvalue weighted by atomic mass is 10.5. The van der Waals surface area contributed by atoms with Gasteiger partial charge in [0.2, 0.25) is 0 Å². The van der Waals surface area contributed by atoms with Gasteiger partial charge < -0.3 is 14.7 Å². The number of ether oxygens (including phenoxy) is 1. The highest BCUT2D eigenvalue weighted by Gasteiger charge is 2.28. The van der Waals surface area contributed by atoms with Crippen molar-refractivity contribution in [2.45, 2.75) is 13.2 Å². The molecule has 1 heterocycles. The number of carbonyl (C=O) groups excluding carboxylic acids is 1. The van der Waals surface area contributed by atoms with E-state index in [-0.39, 0.29) is 5.91 Å². The third-order valence-corrected chi connectivity index (χ3v) is 1.55. The lowest BCUT2D eigenvalue weighted by molar-refractivity contribution is -0.129. The number of hydrogen-bond donors (Lipinski definition) is 1. The Hall–Kier alpha value is -1.03. The van der Waals surface area contributed by atoms with Gasteiger partial charge in [-0.2, -0.15) is 0 Å². The van der Waals surface area contributed by atoms with Crippen molar-refractivity contribution in [1.82, 2.24) is 4.90 Å². The molecule has 1 rings (SSSR count). The van der Waals surface area contributed by atoms with Crippen LogP contribution < -0.4 is 0 Å². The summed E-state index contributed by atoms with van der Waals surface area (Å²) in [6.45, 7) is 2.26. The summed E-state index contributed by atoms with van der Waals surface area (Å²) >= 11 is 0. The molecule has 62 valence electrons. The van der Waals surface area contributed by atoms with Gasteiger partial charge in [0.25, 0.3) is 5.91 Å². The molecular formula is C7H11NO3. The topological polar surface area (TPSA) is 49.8 Å². The monoisotopic (exact) mass is 157 g/mol. The average molecular weight is 157 g/mol. The first-order chi connectivity index (χ1) is 5.16. The number of carbonyl (C=O) groups is 1. The van der Waals surface area contributed by atoms with E-state index in [9.17, 15) is 9.90 Å². The Balaban J connectivity index is 2.67. The van der Waals surface area contributed by atoms with E-state index in [4.69, 9.17) is 4.74 Å². The van der Waals surface area contributed by atoms with Crippen molar-refractivity contribution in [3.63, 3.8) is 0 Å². The highest BCUT2D eigenvalue weighted by Crippen LogP contribution is 2.15. The molecule has 0 fully saturated rings. The molecule has 1 N–H and O–H groups in total. The first kappa shape index (κ1) is 8.07. The summed E-state index contributed by atoms with van der Waals surface area (Å²) in [5.41, 5.74) is 0. The van der Waals surface area contributed by atoms with E-state index in [1.807, 2.05) is 0 Å². The average Bonchev–Trinajstić information content (AvgIpc) is 2.19. The number of aliphatic hydroxyl groups is 1. The summed E-state index contributed by atoms with van der Waals surface area (Å²) < 4.78 is 5.00. The van der Waals surface area contributed by atoms with Crippen molar-refractivity contribution >= 4 is 5.91 Å². The number of likely N-dealkylation sites (N-methyl/N-ethyl adjacent to an activating group) is 1. The fourth-order valence-electron chi connectivity index (χ4n) is 0.892. The van der Waals surface area contributed by atoms with Gasteiger partial charge in [-0.25, -0.2) is 0 Å². The van der Waals surface area contributed by atoms with E-state index in [0.717, 1.165) is 0 Å². The zero-order chi connectivity index (χ0) is 8.43.